The summed E-state index contributed by atoms with van der Waals surface area (Å²) in [5, 5.41) is 0. The minimum Gasteiger partial charge on any atom is -0.0845 e. The molecule has 0 aromatic heterocycles. The highest BCUT2D eigenvalue weighted by atomic mass is 13.9. The first-order valence-electron chi connectivity index (χ1n) is 5.32. The summed E-state index contributed by atoms with van der Waals surface area (Å²) < 4.78 is 0. The van der Waals surface area contributed by atoms with Gasteiger partial charge in [0.25, 0.3) is 0 Å². The fourth-order valence-corrected chi connectivity index (χ4v) is 1.26. The second-order valence-electron chi connectivity index (χ2n) is 3.30. The average molecular weight is 186 g/mol. The molecule has 1 aliphatic carbocycles. The molecule has 0 nitrogen and oxygen atoms in total. The van der Waals surface area contributed by atoms with E-state index >= 15 is 0 Å². The fourth-order valence-electron chi connectivity index (χ4n) is 1.26. The van der Waals surface area contributed by atoms with Crippen LogP contribution in [0, 0.1) is 0 Å². The Hall–Kier alpha value is -1.30. The normalized spacial score (nSPS) is 29.7. The van der Waals surface area contributed by atoms with Gasteiger partial charge in [0.2, 0.25) is 0 Å². The van der Waals surface area contributed by atoms with Crippen molar-refractivity contribution >= 4 is 0 Å². The minimum absolute atomic E-state index is 1.19. The Bertz CT molecular complexity index is 234. The largest absolute Gasteiger partial charge is 0.0845 e. The quantitative estimate of drug-likeness (QED) is 0.528. The van der Waals surface area contributed by atoms with Crippen LogP contribution in [0.1, 0.15) is 25.7 Å². The van der Waals surface area contributed by atoms with Crippen LogP contribution in [-0.2, 0) is 0 Å². The summed E-state index contributed by atoms with van der Waals surface area (Å²) in [7, 11) is 0. The maximum absolute atomic E-state index is 2.23. The van der Waals surface area contributed by atoms with Crippen molar-refractivity contribution < 1.29 is 0 Å². The predicted molar refractivity (Wildman–Crippen MR) is 64.2 cm³/mol. The van der Waals surface area contributed by atoms with Gasteiger partial charge in [-0.2, -0.15) is 0 Å². The van der Waals surface area contributed by atoms with Crippen LogP contribution in [0.4, 0.5) is 0 Å². The van der Waals surface area contributed by atoms with Gasteiger partial charge >= 0.3 is 0 Å². The van der Waals surface area contributed by atoms with E-state index in [9.17, 15) is 0 Å². The Morgan fingerprint density at radius 2 is 0.786 bits per heavy atom. The van der Waals surface area contributed by atoms with E-state index in [-0.39, 0.29) is 0 Å². The van der Waals surface area contributed by atoms with Crippen molar-refractivity contribution in [3.8, 4) is 0 Å². The van der Waals surface area contributed by atoms with Crippen molar-refractivity contribution in [1.29, 1.82) is 0 Å². The molecule has 74 valence electrons. The van der Waals surface area contributed by atoms with Gasteiger partial charge in [-0.15, -0.1) is 0 Å². The summed E-state index contributed by atoms with van der Waals surface area (Å²) in [5.41, 5.74) is 0. The smallest absolute Gasteiger partial charge is 0.0347 e. The molecule has 0 heteroatoms. The predicted octanol–water partition coefficient (Wildman–Crippen LogP) is 4.34. The average Bonchev–Trinajstić information content (AvgIpc) is 2.22. The Morgan fingerprint density at radius 1 is 0.429 bits per heavy atom. The monoisotopic (exact) mass is 186 g/mol. The van der Waals surface area contributed by atoms with Gasteiger partial charge in [-0.3, -0.25) is 0 Å². The molecule has 0 aromatic carbocycles. The van der Waals surface area contributed by atoms with Crippen LogP contribution in [0.2, 0.25) is 0 Å². The molecule has 14 heavy (non-hydrogen) atoms. The summed E-state index contributed by atoms with van der Waals surface area (Å²) >= 11 is 0. The molecule has 0 aromatic rings. The maximum atomic E-state index is 2.23. The van der Waals surface area contributed by atoms with Gasteiger partial charge in [-0.05, 0) is 25.7 Å². The van der Waals surface area contributed by atoms with Crippen molar-refractivity contribution in [1.82, 2.24) is 0 Å². The molecule has 0 saturated carbocycles. The summed E-state index contributed by atoms with van der Waals surface area (Å²) in [5.74, 6) is 0. The molecule has 0 N–H and O–H groups in total. The Kier molecular flexibility index (Phi) is 6.39. The van der Waals surface area contributed by atoms with Crippen LogP contribution in [0.25, 0.3) is 0 Å². The highest BCUT2D eigenvalue weighted by Crippen LogP contribution is 2.02. The molecule has 0 unspecified atom stereocenters. The second-order valence-corrected chi connectivity index (χ2v) is 3.30. The van der Waals surface area contributed by atoms with Gasteiger partial charge in [0.1, 0.15) is 0 Å². The van der Waals surface area contributed by atoms with Crippen molar-refractivity contribution in [2.24, 2.45) is 0 Å². The van der Waals surface area contributed by atoms with E-state index in [0.717, 1.165) is 0 Å². The van der Waals surface area contributed by atoms with Crippen molar-refractivity contribution in [3.63, 3.8) is 0 Å². The third-order valence-electron chi connectivity index (χ3n) is 2.04. The zero-order chi connectivity index (χ0) is 9.90. The molecule has 1 rings (SSSR count). The number of rotatable bonds is 0. The SMILES string of the molecule is C1=C\C=C\CCCC\C=C/C=C/C=C/1. The Morgan fingerprint density at radius 3 is 1.21 bits per heavy atom. The van der Waals surface area contributed by atoms with Gasteiger partial charge < -0.3 is 0 Å². The number of hydrogen-bond acceptors (Lipinski definition) is 0. The minimum atomic E-state index is 1.19. The van der Waals surface area contributed by atoms with Crippen LogP contribution >= 0.6 is 0 Å². The van der Waals surface area contributed by atoms with E-state index in [1.807, 2.05) is 12.2 Å². The fraction of sp³-hybridized carbons (Fsp3) is 0.286. The lowest BCUT2D eigenvalue weighted by Crippen LogP contribution is -1.71. The standard InChI is InChI=1S/C14H18/c1-2-4-6-8-10-12-14-13-11-9-7-5-3-1/h1-10H,11-14H2/b2-1+,5-3-,6-4+,9-7+,10-8-. The molecule has 1 aliphatic rings. The molecule has 0 amide bonds. The first-order valence-corrected chi connectivity index (χ1v) is 5.32. The maximum Gasteiger partial charge on any atom is -0.0347 e. The molecular weight excluding hydrogens is 168 g/mol. The van der Waals surface area contributed by atoms with Crippen molar-refractivity contribution in [2.75, 3.05) is 0 Å². The van der Waals surface area contributed by atoms with E-state index in [2.05, 4.69) is 48.6 Å². The molecule has 0 saturated heterocycles. The van der Waals surface area contributed by atoms with E-state index in [1.54, 1.807) is 0 Å². The molecule has 0 radical (unpaired) electrons. The first kappa shape index (κ1) is 10.8. The Balaban J connectivity index is 2.46. The van der Waals surface area contributed by atoms with E-state index in [1.165, 1.54) is 25.7 Å². The third-order valence-corrected chi connectivity index (χ3v) is 2.04. The lowest BCUT2D eigenvalue weighted by molar-refractivity contribution is 0.762. The number of hydrogen-bond donors (Lipinski definition) is 0. The summed E-state index contributed by atoms with van der Waals surface area (Å²) in [6.45, 7) is 0. The van der Waals surface area contributed by atoms with Gasteiger partial charge in [-0.25, -0.2) is 0 Å². The third kappa shape index (κ3) is 6.24. The first-order chi connectivity index (χ1) is 7.00. The summed E-state index contributed by atoms with van der Waals surface area (Å²) in [6.07, 6.45) is 26.0. The van der Waals surface area contributed by atoms with Crippen LogP contribution in [0.15, 0.2) is 60.8 Å². The van der Waals surface area contributed by atoms with Gasteiger partial charge in [0.05, 0.1) is 0 Å². The molecular formula is C14H18. The van der Waals surface area contributed by atoms with Crippen molar-refractivity contribution in [2.45, 2.75) is 25.7 Å². The van der Waals surface area contributed by atoms with Crippen LogP contribution in [-0.4, -0.2) is 0 Å². The zero-order valence-corrected chi connectivity index (χ0v) is 8.60. The lowest BCUT2D eigenvalue weighted by atomic mass is 10.1. The molecule has 0 spiro atoms. The summed E-state index contributed by atoms with van der Waals surface area (Å²) in [6, 6.07) is 0. The molecule has 0 aliphatic heterocycles. The second kappa shape index (κ2) is 8.31. The zero-order valence-electron chi connectivity index (χ0n) is 8.60. The van der Waals surface area contributed by atoms with Crippen molar-refractivity contribution in [3.05, 3.63) is 60.8 Å². The van der Waals surface area contributed by atoms with Gasteiger partial charge in [-0.1, -0.05) is 60.8 Å². The molecule has 0 fully saturated rings. The molecule has 0 bridgehead atoms. The lowest BCUT2D eigenvalue weighted by Gasteiger charge is -1.91. The van der Waals surface area contributed by atoms with E-state index in [0.29, 0.717) is 0 Å². The van der Waals surface area contributed by atoms with Crippen LogP contribution in [0.5, 0.6) is 0 Å². The highest BCUT2D eigenvalue weighted by Gasteiger charge is 1.82. The Labute approximate surface area is 87.0 Å². The molecule has 0 heterocycles. The topological polar surface area (TPSA) is 0 Å². The number of allylic oxidation sites excluding steroid dienone is 10. The van der Waals surface area contributed by atoms with E-state index in [4.69, 9.17) is 0 Å². The van der Waals surface area contributed by atoms with Crippen LogP contribution in [0.3, 0.4) is 0 Å². The van der Waals surface area contributed by atoms with E-state index < -0.39 is 0 Å². The highest BCUT2D eigenvalue weighted by molar-refractivity contribution is 5.17. The molecule has 0 atom stereocenters. The van der Waals surface area contributed by atoms with Crippen LogP contribution < -0.4 is 0 Å². The van der Waals surface area contributed by atoms with Gasteiger partial charge in [0.15, 0.2) is 0 Å². The summed E-state index contributed by atoms with van der Waals surface area (Å²) in [4.78, 5) is 0. The van der Waals surface area contributed by atoms with Gasteiger partial charge in [0, 0.05) is 0 Å².